The molecule has 0 spiro atoms. The largest absolute Gasteiger partial charge is 0.377 e. The van der Waals surface area contributed by atoms with Gasteiger partial charge in [-0.05, 0) is 26.2 Å². The predicted octanol–water partition coefficient (Wildman–Crippen LogP) is 3.22. The Bertz CT molecular complexity index is 478. The highest BCUT2D eigenvalue weighted by Gasteiger charge is 2.49. The number of aromatic nitrogens is 2. The van der Waals surface area contributed by atoms with E-state index >= 15 is 0 Å². The molecule has 1 aliphatic rings. The van der Waals surface area contributed by atoms with Gasteiger partial charge < -0.3 is 10.1 Å². The summed E-state index contributed by atoms with van der Waals surface area (Å²) >= 11 is 0. The standard InChI is InChI=1S/C17H31N3O/c1-11(2)10-21-16-8-15(17(16,5)6)19-12(3)14-9-18-20(7)13(14)4/h9,11-12,15-16,19H,8,10H2,1-7H3. The van der Waals surface area contributed by atoms with E-state index in [0.717, 1.165) is 13.0 Å². The summed E-state index contributed by atoms with van der Waals surface area (Å²) in [6.45, 7) is 14.2. The maximum atomic E-state index is 6.04. The molecule has 4 nitrogen and oxygen atoms in total. The van der Waals surface area contributed by atoms with Crippen LogP contribution in [0, 0.1) is 18.3 Å². The van der Waals surface area contributed by atoms with Gasteiger partial charge in [-0.15, -0.1) is 0 Å². The van der Waals surface area contributed by atoms with Gasteiger partial charge in [0.05, 0.1) is 12.3 Å². The van der Waals surface area contributed by atoms with Crippen LogP contribution in [-0.2, 0) is 11.8 Å². The third-order valence-corrected chi connectivity index (χ3v) is 5.00. The van der Waals surface area contributed by atoms with E-state index in [2.05, 4.69) is 52.0 Å². The van der Waals surface area contributed by atoms with E-state index in [-0.39, 0.29) is 5.41 Å². The molecule has 1 saturated carbocycles. The maximum absolute atomic E-state index is 6.04. The molecular weight excluding hydrogens is 262 g/mol. The molecule has 1 fully saturated rings. The zero-order valence-electron chi connectivity index (χ0n) is 14.6. The van der Waals surface area contributed by atoms with Gasteiger partial charge >= 0.3 is 0 Å². The van der Waals surface area contributed by atoms with Gasteiger partial charge in [-0.3, -0.25) is 4.68 Å². The van der Waals surface area contributed by atoms with Gasteiger partial charge in [-0.25, -0.2) is 0 Å². The summed E-state index contributed by atoms with van der Waals surface area (Å²) in [6, 6.07) is 0.832. The lowest BCUT2D eigenvalue weighted by Crippen LogP contribution is -2.61. The Morgan fingerprint density at radius 3 is 2.57 bits per heavy atom. The first-order valence-corrected chi connectivity index (χ1v) is 8.09. The highest BCUT2D eigenvalue weighted by Crippen LogP contribution is 2.44. The summed E-state index contributed by atoms with van der Waals surface area (Å²) in [5.41, 5.74) is 2.72. The van der Waals surface area contributed by atoms with Gasteiger partial charge in [-0.1, -0.05) is 27.7 Å². The SMILES string of the molecule is Cc1c(C(C)NC2CC(OCC(C)C)C2(C)C)cnn1C. The number of ether oxygens (including phenoxy) is 1. The molecule has 1 aliphatic carbocycles. The normalized spacial score (nSPS) is 25.9. The average Bonchev–Trinajstić information content (AvgIpc) is 2.73. The van der Waals surface area contributed by atoms with Gasteiger partial charge in [0.1, 0.15) is 0 Å². The van der Waals surface area contributed by atoms with Gasteiger partial charge in [0.25, 0.3) is 0 Å². The maximum Gasteiger partial charge on any atom is 0.0656 e. The zero-order chi connectivity index (χ0) is 15.8. The van der Waals surface area contributed by atoms with Gasteiger partial charge in [0, 0.05) is 42.4 Å². The van der Waals surface area contributed by atoms with Crippen molar-refractivity contribution in [1.29, 1.82) is 0 Å². The molecule has 1 aromatic heterocycles. The molecule has 4 heteroatoms. The first-order valence-electron chi connectivity index (χ1n) is 8.09. The third kappa shape index (κ3) is 3.32. The van der Waals surface area contributed by atoms with E-state index in [9.17, 15) is 0 Å². The third-order valence-electron chi connectivity index (χ3n) is 5.00. The van der Waals surface area contributed by atoms with Crippen LogP contribution in [0.3, 0.4) is 0 Å². The number of aryl methyl sites for hydroxylation is 1. The van der Waals surface area contributed by atoms with Crippen molar-refractivity contribution in [3.05, 3.63) is 17.5 Å². The second kappa shape index (κ2) is 6.09. The molecule has 0 aliphatic heterocycles. The van der Waals surface area contributed by atoms with Crippen molar-refractivity contribution in [3.8, 4) is 0 Å². The molecule has 120 valence electrons. The fraction of sp³-hybridized carbons (Fsp3) is 0.824. The molecule has 3 atom stereocenters. The van der Waals surface area contributed by atoms with Crippen molar-refractivity contribution >= 4 is 0 Å². The van der Waals surface area contributed by atoms with Crippen LogP contribution in [0.5, 0.6) is 0 Å². The minimum Gasteiger partial charge on any atom is -0.377 e. The van der Waals surface area contributed by atoms with Gasteiger partial charge in [-0.2, -0.15) is 5.10 Å². The number of nitrogens with zero attached hydrogens (tertiary/aromatic N) is 2. The summed E-state index contributed by atoms with van der Waals surface area (Å²) in [7, 11) is 1.99. The smallest absolute Gasteiger partial charge is 0.0656 e. The molecule has 1 aromatic rings. The second-order valence-electron chi connectivity index (χ2n) is 7.52. The molecule has 0 radical (unpaired) electrons. The van der Waals surface area contributed by atoms with Crippen molar-refractivity contribution in [2.75, 3.05) is 6.61 Å². The number of rotatable bonds is 6. The molecule has 2 rings (SSSR count). The van der Waals surface area contributed by atoms with E-state index in [4.69, 9.17) is 4.74 Å². The lowest BCUT2D eigenvalue weighted by Gasteiger charge is -2.53. The summed E-state index contributed by atoms with van der Waals surface area (Å²) < 4.78 is 7.98. The lowest BCUT2D eigenvalue weighted by atomic mass is 9.64. The quantitative estimate of drug-likeness (QED) is 0.875. The van der Waals surface area contributed by atoms with E-state index in [0.29, 0.717) is 24.1 Å². The molecule has 0 bridgehead atoms. The molecule has 0 aromatic carbocycles. The van der Waals surface area contributed by atoms with Crippen LogP contribution in [0.25, 0.3) is 0 Å². The lowest BCUT2D eigenvalue weighted by molar-refractivity contribution is -0.125. The van der Waals surface area contributed by atoms with Crippen molar-refractivity contribution in [2.24, 2.45) is 18.4 Å². The molecule has 3 unspecified atom stereocenters. The average molecular weight is 293 g/mol. The summed E-state index contributed by atoms with van der Waals surface area (Å²) in [5, 5.41) is 8.10. The Morgan fingerprint density at radius 1 is 1.43 bits per heavy atom. The number of hydrogen-bond acceptors (Lipinski definition) is 3. The Kier molecular flexibility index (Phi) is 4.79. The highest BCUT2D eigenvalue weighted by molar-refractivity contribution is 5.20. The minimum absolute atomic E-state index is 0.194. The predicted molar refractivity (Wildman–Crippen MR) is 86.3 cm³/mol. The van der Waals surface area contributed by atoms with E-state index in [1.165, 1.54) is 11.3 Å². The monoisotopic (exact) mass is 293 g/mol. The molecule has 1 heterocycles. The van der Waals surface area contributed by atoms with Gasteiger partial charge in [0.2, 0.25) is 0 Å². The Labute approximate surface area is 129 Å². The van der Waals surface area contributed by atoms with Crippen molar-refractivity contribution in [1.82, 2.24) is 15.1 Å². The Morgan fingerprint density at radius 2 is 2.10 bits per heavy atom. The fourth-order valence-electron chi connectivity index (χ4n) is 3.09. The highest BCUT2D eigenvalue weighted by atomic mass is 16.5. The first kappa shape index (κ1) is 16.5. The summed E-state index contributed by atoms with van der Waals surface area (Å²) in [5.74, 6) is 0.602. The Hall–Kier alpha value is -0.870. The van der Waals surface area contributed by atoms with Crippen LogP contribution in [-0.4, -0.2) is 28.5 Å². The van der Waals surface area contributed by atoms with Crippen LogP contribution >= 0.6 is 0 Å². The van der Waals surface area contributed by atoms with E-state index in [1.807, 2.05) is 17.9 Å². The number of nitrogens with one attached hydrogen (secondary N) is 1. The van der Waals surface area contributed by atoms with Gasteiger partial charge in [0.15, 0.2) is 0 Å². The topological polar surface area (TPSA) is 39.1 Å². The zero-order valence-corrected chi connectivity index (χ0v) is 14.6. The van der Waals surface area contributed by atoms with Crippen LogP contribution in [0.4, 0.5) is 0 Å². The van der Waals surface area contributed by atoms with Crippen molar-refractivity contribution in [3.63, 3.8) is 0 Å². The Balaban J connectivity index is 1.91. The summed E-state index contributed by atoms with van der Waals surface area (Å²) in [6.07, 6.45) is 3.45. The van der Waals surface area contributed by atoms with Crippen molar-refractivity contribution in [2.45, 2.75) is 66.2 Å². The molecule has 1 N–H and O–H groups in total. The molecule has 0 amide bonds. The molecule has 21 heavy (non-hydrogen) atoms. The fourth-order valence-corrected chi connectivity index (χ4v) is 3.09. The van der Waals surface area contributed by atoms with Crippen LogP contribution < -0.4 is 5.32 Å². The van der Waals surface area contributed by atoms with Crippen LogP contribution in [0.1, 0.15) is 58.3 Å². The second-order valence-corrected chi connectivity index (χ2v) is 7.52. The van der Waals surface area contributed by atoms with E-state index in [1.54, 1.807) is 0 Å². The van der Waals surface area contributed by atoms with Crippen LogP contribution in [0.2, 0.25) is 0 Å². The van der Waals surface area contributed by atoms with Crippen LogP contribution in [0.15, 0.2) is 6.20 Å². The molecular formula is C17H31N3O. The summed E-state index contributed by atoms with van der Waals surface area (Å²) in [4.78, 5) is 0. The van der Waals surface area contributed by atoms with E-state index < -0.39 is 0 Å². The minimum atomic E-state index is 0.194. The molecule has 0 saturated heterocycles. The first-order chi connectivity index (χ1) is 9.73. The van der Waals surface area contributed by atoms with Crippen molar-refractivity contribution < 1.29 is 4.74 Å². The number of hydrogen-bond donors (Lipinski definition) is 1.